The van der Waals surface area contributed by atoms with Crippen molar-refractivity contribution in [2.24, 2.45) is 11.8 Å². The third kappa shape index (κ3) is 10.3. The summed E-state index contributed by atoms with van der Waals surface area (Å²) in [7, 11) is 0. The van der Waals surface area contributed by atoms with Crippen LogP contribution in [0.5, 0.6) is 0 Å². The van der Waals surface area contributed by atoms with Crippen LogP contribution in [0.3, 0.4) is 0 Å². The van der Waals surface area contributed by atoms with E-state index in [2.05, 4.69) is 50.5 Å². The summed E-state index contributed by atoms with van der Waals surface area (Å²) in [6.45, 7) is 3.37. The van der Waals surface area contributed by atoms with Gasteiger partial charge in [0.25, 0.3) is 5.91 Å². The molecule has 0 bridgehead atoms. The third-order valence-electron chi connectivity index (χ3n) is 11.1. The predicted octanol–water partition coefficient (Wildman–Crippen LogP) is 9.79. The maximum atomic E-state index is 14.5. The second kappa shape index (κ2) is 20.2. The molecule has 0 radical (unpaired) electrons. The number of carbonyl (C=O) groups is 2. The molecule has 2 amide bonds. The topological polar surface area (TPSA) is 174 Å². The highest BCUT2D eigenvalue weighted by Crippen LogP contribution is 2.31. The van der Waals surface area contributed by atoms with Gasteiger partial charge in [-0.05, 0) is 61.8 Å². The number of likely N-dealkylation sites (tertiary alicyclic amines) is 2. The van der Waals surface area contributed by atoms with Crippen molar-refractivity contribution >= 4 is 104 Å². The molecule has 14 nitrogen and oxygen atoms in total. The van der Waals surface area contributed by atoms with Gasteiger partial charge in [0.2, 0.25) is 5.91 Å². The van der Waals surface area contributed by atoms with Crippen LogP contribution in [0.2, 0.25) is 20.1 Å². The molecule has 0 unspecified atom stereocenters. The SMILES string of the molecule is O=C(CCl)N1CCC[C@H](CNc2nc(-c3c[nH]c4ncc(Cl)cc34)ncc2F)C1.O=C(c1c(Cl)cccc1Cl)N1CCC[C@H](CNc2nc(-c3c[nH]c4ncc(Cl)cc34)ncc2F)C1. The van der Waals surface area contributed by atoms with E-state index in [1.807, 2.05) is 0 Å². The van der Waals surface area contributed by atoms with Crippen LogP contribution in [0.1, 0.15) is 36.0 Å². The van der Waals surface area contributed by atoms with Gasteiger partial charge in [0.1, 0.15) is 17.2 Å². The van der Waals surface area contributed by atoms with Crippen molar-refractivity contribution in [2.75, 3.05) is 55.8 Å². The van der Waals surface area contributed by atoms with E-state index < -0.39 is 11.6 Å². The van der Waals surface area contributed by atoms with E-state index in [-0.39, 0.29) is 41.2 Å². The van der Waals surface area contributed by atoms with E-state index in [0.717, 1.165) is 48.8 Å². The molecule has 7 aromatic rings. The van der Waals surface area contributed by atoms with Gasteiger partial charge in [0.05, 0.1) is 38.0 Å². The summed E-state index contributed by atoms with van der Waals surface area (Å²) in [5, 5.41) is 9.30. The minimum absolute atomic E-state index is 0.0203. The standard InChI is InChI=1S/C24H20Cl3FN6O.C19H19Cl2FN6O/c25-14-7-15-16(10-31-21(15)30-9-14)22-32-11-19(28)23(33-22)29-8-13-3-2-6-34(12-13)24(35)20-17(26)4-1-5-18(20)27;20-5-16(29)28-3-1-2-11(10-28)6-23-19-15(22)9-26-18(27-19)14-8-25-17-13(14)4-12(21)7-24-17/h1,4-5,7,9-11,13H,2-3,6,8,12H2,(H,30,31)(H,29,32,33);4,7-9,11H,1-3,5-6,10H2,(H,24,25)(H,23,26,27)/t13-;11-/m11/s1. The predicted molar refractivity (Wildman–Crippen MR) is 246 cm³/mol. The molecule has 8 heterocycles. The number of fused-ring (bicyclic) bond motifs is 2. The Morgan fingerprint density at radius 2 is 1.19 bits per heavy atom. The molecule has 2 aliphatic heterocycles. The fourth-order valence-corrected chi connectivity index (χ4v) is 8.91. The van der Waals surface area contributed by atoms with Crippen molar-refractivity contribution in [1.82, 2.24) is 49.7 Å². The largest absolute Gasteiger partial charge is 0.367 e. The van der Waals surface area contributed by atoms with E-state index in [1.54, 1.807) is 64.9 Å². The first-order valence-corrected chi connectivity index (χ1v) is 22.4. The zero-order valence-corrected chi connectivity index (χ0v) is 37.6. The number of amides is 2. The van der Waals surface area contributed by atoms with Crippen LogP contribution < -0.4 is 10.6 Å². The molecule has 4 N–H and O–H groups in total. The number of hydrogen-bond acceptors (Lipinski definition) is 10. The van der Waals surface area contributed by atoms with Gasteiger partial charge in [-0.25, -0.2) is 38.7 Å². The minimum Gasteiger partial charge on any atom is -0.367 e. The maximum absolute atomic E-state index is 14.5. The zero-order chi connectivity index (χ0) is 44.9. The summed E-state index contributed by atoms with van der Waals surface area (Å²) in [5.41, 5.74) is 2.96. The lowest BCUT2D eigenvalue weighted by molar-refractivity contribution is -0.130. The number of anilines is 2. The van der Waals surface area contributed by atoms with Crippen molar-refractivity contribution in [1.29, 1.82) is 0 Å². The molecule has 0 spiro atoms. The molecule has 0 saturated carbocycles. The molecule has 2 fully saturated rings. The fraction of sp³-hybridized carbons (Fsp3) is 0.302. The van der Waals surface area contributed by atoms with E-state index >= 15 is 0 Å². The third-order valence-corrected chi connectivity index (χ3v) is 12.3. The summed E-state index contributed by atoms with van der Waals surface area (Å²) >= 11 is 30.2. The quantitative estimate of drug-likeness (QED) is 0.0967. The Labute approximate surface area is 390 Å². The monoisotopic (exact) mass is 968 g/mol. The second-order valence-corrected chi connectivity index (χ2v) is 17.3. The Morgan fingerprint density at radius 1 is 0.703 bits per heavy atom. The summed E-state index contributed by atoms with van der Waals surface area (Å²) in [6, 6.07) is 8.53. The number of nitrogens with one attached hydrogen (secondary N) is 4. The molecule has 2 saturated heterocycles. The van der Waals surface area contributed by atoms with Crippen LogP contribution >= 0.6 is 58.0 Å². The molecule has 21 heteroatoms. The van der Waals surface area contributed by atoms with Crippen LogP contribution in [0, 0.1) is 23.5 Å². The molecule has 9 rings (SSSR count). The smallest absolute Gasteiger partial charge is 0.256 e. The van der Waals surface area contributed by atoms with Crippen molar-refractivity contribution in [3.8, 4) is 22.8 Å². The lowest BCUT2D eigenvalue weighted by Gasteiger charge is -2.33. The fourth-order valence-electron chi connectivity index (χ4n) is 7.87. The van der Waals surface area contributed by atoms with Gasteiger partial charge in [-0.15, -0.1) is 11.6 Å². The summed E-state index contributed by atoms with van der Waals surface area (Å²) in [4.78, 5) is 60.0. The van der Waals surface area contributed by atoms with Crippen LogP contribution in [0.25, 0.3) is 44.8 Å². The van der Waals surface area contributed by atoms with Crippen molar-refractivity contribution < 1.29 is 18.4 Å². The Morgan fingerprint density at radius 3 is 1.69 bits per heavy atom. The molecule has 2 aliphatic rings. The number of pyridine rings is 2. The van der Waals surface area contributed by atoms with Gasteiger partial charge >= 0.3 is 0 Å². The number of aromatic amines is 2. The molecular formula is C43H39Cl5F2N12O2. The van der Waals surface area contributed by atoms with Crippen LogP contribution in [0.4, 0.5) is 20.4 Å². The number of H-pyrrole nitrogens is 2. The number of rotatable bonds is 10. The van der Waals surface area contributed by atoms with E-state index in [0.29, 0.717) is 99.0 Å². The van der Waals surface area contributed by atoms with Gasteiger partial charge in [-0.2, -0.15) is 0 Å². The number of piperidine rings is 2. The average molecular weight is 971 g/mol. The number of alkyl halides is 1. The van der Waals surface area contributed by atoms with Crippen molar-refractivity contribution in [3.05, 3.63) is 105 Å². The molecule has 64 heavy (non-hydrogen) atoms. The van der Waals surface area contributed by atoms with Gasteiger partial charge < -0.3 is 30.4 Å². The number of nitrogens with zero attached hydrogens (tertiary/aromatic N) is 8. The maximum Gasteiger partial charge on any atom is 0.256 e. The number of halogens is 7. The van der Waals surface area contributed by atoms with Crippen molar-refractivity contribution in [2.45, 2.75) is 25.7 Å². The Balaban J connectivity index is 0.000000178. The van der Waals surface area contributed by atoms with Crippen LogP contribution in [-0.2, 0) is 4.79 Å². The van der Waals surface area contributed by atoms with Crippen LogP contribution in [0.15, 0.2) is 67.5 Å². The lowest BCUT2D eigenvalue weighted by atomic mass is 9.97. The second-order valence-electron chi connectivity index (χ2n) is 15.4. The first-order chi connectivity index (χ1) is 30.9. The molecule has 332 valence electrons. The van der Waals surface area contributed by atoms with Gasteiger partial charge in [-0.3, -0.25) is 9.59 Å². The molecule has 1 aromatic carbocycles. The Bertz CT molecular complexity index is 2810. The molecule has 6 aromatic heterocycles. The highest BCUT2D eigenvalue weighted by atomic mass is 35.5. The Hall–Kier alpha value is -5.39. The molecule has 2 atom stereocenters. The molecular weight excluding hydrogens is 932 g/mol. The van der Waals surface area contributed by atoms with Gasteiger partial charge in [-0.1, -0.05) is 52.5 Å². The van der Waals surface area contributed by atoms with E-state index in [9.17, 15) is 18.4 Å². The highest BCUT2D eigenvalue weighted by molar-refractivity contribution is 6.39. The number of carbonyl (C=O) groups excluding carboxylic acids is 2. The first kappa shape index (κ1) is 45.2. The number of hydrogen-bond donors (Lipinski definition) is 4. The first-order valence-electron chi connectivity index (χ1n) is 20.3. The highest BCUT2D eigenvalue weighted by Gasteiger charge is 2.28. The number of benzene rings is 1. The zero-order valence-electron chi connectivity index (χ0n) is 33.8. The van der Waals surface area contributed by atoms with Gasteiger partial charge in [0.15, 0.2) is 34.9 Å². The summed E-state index contributed by atoms with van der Waals surface area (Å²) < 4.78 is 28.8. The lowest BCUT2D eigenvalue weighted by Crippen LogP contribution is -2.42. The summed E-state index contributed by atoms with van der Waals surface area (Å²) in [6.07, 6.45) is 12.4. The van der Waals surface area contributed by atoms with E-state index in [4.69, 9.17) is 58.0 Å². The molecule has 0 aliphatic carbocycles. The minimum atomic E-state index is -0.559. The number of aromatic nitrogens is 8. The average Bonchev–Trinajstić information content (AvgIpc) is 3.92. The van der Waals surface area contributed by atoms with Gasteiger partial charge in [0, 0.05) is 86.0 Å². The Kier molecular flexibility index (Phi) is 14.3. The van der Waals surface area contributed by atoms with Crippen LogP contribution in [-0.4, -0.2) is 107 Å². The normalized spacial score (nSPS) is 16.4. The van der Waals surface area contributed by atoms with E-state index in [1.165, 1.54) is 0 Å². The van der Waals surface area contributed by atoms with Crippen molar-refractivity contribution in [3.63, 3.8) is 0 Å². The summed E-state index contributed by atoms with van der Waals surface area (Å²) in [5.74, 6) is -0.154.